The summed E-state index contributed by atoms with van der Waals surface area (Å²) < 4.78 is 13.4. The summed E-state index contributed by atoms with van der Waals surface area (Å²) in [6, 6.07) is 9.99. The van der Waals surface area contributed by atoms with Crippen molar-refractivity contribution in [3.05, 3.63) is 47.7 Å². The first kappa shape index (κ1) is 14.5. The number of para-hydroxylation sites is 1. The molecule has 4 rings (SSSR count). The van der Waals surface area contributed by atoms with E-state index in [1.165, 1.54) is 5.57 Å². The summed E-state index contributed by atoms with van der Waals surface area (Å²) in [5.74, 6) is 0.297. The molecule has 0 radical (unpaired) electrons. The highest BCUT2D eigenvalue weighted by Crippen LogP contribution is 2.40. The lowest BCUT2D eigenvalue weighted by Crippen LogP contribution is -2.31. The second-order valence-corrected chi connectivity index (χ2v) is 6.13. The number of hydrogen-bond donors (Lipinski definition) is 1. The summed E-state index contributed by atoms with van der Waals surface area (Å²) in [5, 5.41) is 4.63. The molecule has 120 valence electrons. The van der Waals surface area contributed by atoms with Gasteiger partial charge in [-0.25, -0.2) is 4.68 Å². The summed E-state index contributed by atoms with van der Waals surface area (Å²) in [7, 11) is 0. The summed E-state index contributed by atoms with van der Waals surface area (Å²) >= 11 is 0. The Morgan fingerprint density at radius 3 is 2.57 bits per heavy atom. The molecular weight excluding hydrogens is 290 g/mol. The molecule has 1 aromatic heterocycles. The Morgan fingerprint density at radius 2 is 1.91 bits per heavy atom. The third kappa shape index (κ3) is 2.46. The predicted molar refractivity (Wildman–Crippen MR) is 89.2 cm³/mol. The Hall–Kier alpha value is -2.11. The number of nitrogens with zero attached hydrogens (tertiary/aromatic N) is 2. The van der Waals surface area contributed by atoms with Crippen LogP contribution >= 0.6 is 0 Å². The minimum Gasteiger partial charge on any atom is -0.383 e. The average molecular weight is 311 g/mol. The van der Waals surface area contributed by atoms with Crippen LogP contribution in [0.4, 0.5) is 5.82 Å². The van der Waals surface area contributed by atoms with E-state index < -0.39 is 5.79 Å². The molecule has 2 aromatic rings. The van der Waals surface area contributed by atoms with E-state index in [1.807, 2.05) is 41.9 Å². The molecule has 1 aromatic carbocycles. The Morgan fingerprint density at radius 1 is 1.17 bits per heavy atom. The monoisotopic (exact) mass is 311 g/mol. The van der Waals surface area contributed by atoms with Crippen LogP contribution in [0.15, 0.2) is 36.4 Å². The SMILES string of the molecule is Cc1nn(-c2ccccc2)c(N)c1C1=CCC2(CC1)OCCO2. The molecule has 5 nitrogen and oxygen atoms in total. The van der Waals surface area contributed by atoms with E-state index in [0.29, 0.717) is 19.0 Å². The molecule has 2 N–H and O–H groups in total. The number of nitrogens with two attached hydrogens (primary N) is 1. The van der Waals surface area contributed by atoms with Crippen molar-refractivity contribution in [3.8, 4) is 5.69 Å². The van der Waals surface area contributed by atoms with Crippen molar-refractivity contribution < 1.29 is 9.47 Å². The molecule has 0 unspecified atom stereocenters. The lowest BCUT2D eigenvalue weighted by Gasteiger charge is -2.30. The van der Waals surface area contributed by atoms with Crippen molar-refractivity contribution in [2.75, 3.05) is 18.9 Å². The van der Waals surface area contributed by atoms with E-state index >= 15 is 0 Å². The number of ether oxygens (including phenoxy) is 2. The van der Waals surface area contributed by atoms with E-state index in [4.69, 9.17) is 15.2 Å². The van der Waals surface area contributed by atoms with Crippen LogP contribution in [0.5, 0.6) is 0 Å². The standard InChI is InChI=1S/C18H21N3O2/c1-13-16(14-7-9-18(10-8-14)22-11-12-23-18)17(19)21(20-13)15-5-3-2-4-6-15/h2-7H,8-12,19H2,1H3. The van der Waals surface area contributed by atoms with E-state index in [1.54, 1.807) is 0 Å². The van der Waals surface area contributed by atoms with Crippen LogP contribution in [0.25, 0.3) is 11.3 Å². The van der Waals surface area contributed by atoms with Gasteiger partial charge in [0.1, 0.15) is 5.82 Å². The number of allylic oxidation sites excluding steroid dienone is 1. The normalized spacial score (nSPS) is 20.0. The topological polar surface area (TPSA) is 62.3 Å². The van der Waals surface area contributed by atoms with Crippen molar-refractivity contribution in [1.82, 2.24) is 9.78 Å². The smallest absolute Gasteiger partial charge is 0.172 e. The van der Waals surface area contributed by atoms with Gasteiger partial charge < -0.3 is 15.2 Å². The van der Waals surface area contributed by atoms with Gasteiger partial charge in [-0.3, -0.25) is 0 Å². The molecule has 1 fully saturated rings. The second kappa shape index (κ2) is 5.51. The summed E-state index contributed by atoms with van der Waals surface area (Å²) in [5.41, 5.74) is 10.6. The van der Waals surface area contributed by atoms with Crippen molar-refractivity contribution >= 4 is 11.4 Å². The maximum Gasteiger partial charge on any atom is 0.172 e. The fourth-order valence-electron chi connectivity index (χ4n) is 3.50. The maximum absolute atomic E-state index is 6.41. The lowest BCUT2D eigenvalue weighted by molar-refractivity contribution is -0.159. The molecule has 1 spiro atoms. The molecule has 0 amide bonds. The molecule has 1 aliphatic carbocycles. The van der Waals surface area contributed by atoms with Crippen LogP contribution in [0.1, 0.15) is 30.5 Å². The van der Waals surface area contributed by atoms with Gasteiger partial charge >= 0.3 is 0 Å². The van der Waals surface area contributed by atoms with Gasteiger partial charge in [-0.2, -0.15) is 5.10 Å². The molecule has 2 aliphatic rings. The maximum atomic E-state index is 6.41. The first-order chi connectivity index (χ1) is 11.2. The van der Waals surface area contributed by atoms with Crippen LogP contribution < -0.4 is 5.73 Å². The Balaban J connectivity index is 1.68. The molecule has 1 saturated heterocycles. The van der Waals surface area contributed by atoms with Crippen LogP contribution in [-0.2, 0) is 9.47 Å². The summed E-state index contributed by atoms with van der Waals surface area (Å²) in [6.07, 6.45) is 4.74. The highest BCUT2D eigenvalue weighted by molar-refractivity contribution is 5.76. The van der Waals surface area contributed by atoms with Gasteiger partial charge in [0.25, 0.3) is 0 Å². The number of nitrogen functional groups attached to an aromatic ring is 1. The molecular formula is C18H21N3O2. The fraction of sp³-hybridized carbons (Fsp3) is 0.389. The highest BCUT2D eigenvalue weighted by atomic mass is 16.7. The van der Waals surface area contributed by atoms with E-state index in [-0.39, 0.29) is 0 Å². The number of rotatable bonds is 2. The number of aromatic nitrogens is 2. The van der Waals surface area contributed by atoms with Gasteiger partial charge in [-0.1, -0.05) is 24.3 Å². The first-order valence-electron chi connectivity index (χ1n) is 8.06. The quantitative estimate of drug-likeness (QED) is 0.926. The number of aryl methyl sites for hydroxylation is 1. The minimum absolute atomic E-state index is 0.401. The van der Waals surface area contributed by atoms with E-state index in [9.17, 15) is 0 Å². The zero-order valence-corrected chi connectivity index (χ0v) is 13.3. The second-order valence-electron chi connectivity index (χ2n) is 6.13. The minimum atomic E-state index is -0.401. The lowest BCUT2D eigenvalue weighted by atomic mass is 9.89. The van der Waals surface area contributed by atoms with Gasteiger partial charge in [-0.15, -0.1) is 0 Å². The third-order valence-corrected chi connectivity index (χ3v) is 4.67. The number of hydrogen-bond acceptors (Lipinski definition) is 4. The van der Waals surface area contributed by atoms with Crippen molar-refractivity contribution in [2.24, 2.45) is 0 Å². The largest absolute Gasteiger partial charge is 0.383 e. The molecule has 2 heterocycles. The zero-order chi connectivity index (χ0) is 15.9. The van der Waals surface area contributed by atoms with E-state index in [2.05, 4.69) is 11.2 Å². The highest BCUT2D eigenvalue weighted by Gasteiger charge is 2.38. The first-order valence-corrected chi connectivity index (χ1v) is 8.06. The van der Waals surface area contributed by atoms with E-state index in [0.717, 1.165) is 36.2 Å². The molecule has 5 heteroatoms. The molecule has 0 saturated carbocycles. The Labute approximate surface area is 135 Å². The van der Waals surface area contributed by atoms with Gasteiger partial charge in [0.15, 0.2) is 5.79 Å². The number of anilines is 1. The predicted octanol–water partition coefficient (Wildman–Crippen LogP) is 3.07. The molecule has 23 heavy (non-hydrogen) atoms. The van der Waals surface area contributed by atoms with Crippen molar-refractivity contribution in [1.29, 1.82) is 0 Å². The Kier molecular flexibility index (Phi) is 3.47. The van der Waals surface area contributed by atoms with Crippen LogP contribution in [-0.4, -0.2) is 28.8 Å². The van der Waals surface area contributed by atoms with Crippen molar-refractivity contribution in [3.63, 3.8) is 0 Å². The van der Waals surface area contributed by atoms with Crippen LogP contribution in [0.3, 0.4) is 0 Å². The van der Waals surface area contributed by atoms with Crippen molar-refractivity contribution in [2.45, 2.75) is 32.0 Å². The van der Waals surface area contributed by atoms with Gasteiger partial charge in [0.2, 0.25) is 0 Å². The molecule has 0 bridgehead atoms. The summed E-state index contributed by atoms with van der Waals surface area (Å²) in [4.78, 5) is 0. The third-order valence-electron chi connectivity index (χ3n) is 4.67. The zero-order valence-electron chi connectivity index (χ0n) is 13.3. The summed E-state index contributed by atoms with van der Waals surface area (Å²) in [6.45, 7) is 3.39. The van der Waals surface area contributed by atoms with Gasteiger partial charge in [0.05, 0.1) is 24.6 Å². The number of benzene rings is 1. The fourth-order valence-corrected chi connectivity index (χ4v) is 3.50. The Bertz CT molecular complexity index is 743. The van der Waals surface area contributed by atoms with Gasteiger partial charge in [0, 0.05) is 18.4 Å². The molecule has 0 atom stereocenters. The molecule has 1 aliphatic heterocycles. The van der Waals surface area contributed by atoms with Crippen LogP contribution in [0, 0.1) is 6.92 Å². The average Bonchev–Trinajstić information content (AvgIpc) is 3.15. The van der Waals surface area contributed by atoms with Crippen LogP contribution in [0.2, 0.25) is 0 Å². The van der Waals surface area contributed by atoms with Gasteiger partial charge in [-0.05, 0) is 31.1 Å².